The Balaban J connectivity index is 1.50. The Hall–Kier alpha value is -1.85. The van der Waals surface area contributed by atoms with Crippen LogP contribution in [0, 0.1) is 0 Å². The molecule has 0 spiro atoms. The first-order chi connectivity index (χ1) is 10.8. The molecular weight excluding hydrogens is 280 g/mol. The van der Waals surface area contributed by atoms with Crippen molar-refractivity contribution >= 4 is 6.03 Å². The highest BCUT2D eigenvalue weighted by atomic mass is 16.5. The number of hydrogen-bond donors (Lipinski definition) is 1. The molecule has 0 aromatic carbocycles. The van der Waals surface area contributed by atoms with Gasteiger partial charge in [-0.25, -0.2) is 14.8 Å². The van der Waals surface area contributed by atoms with Gasteiger partial charge >= 0.3 is 12.0 Å². The van der Waals surface area contributed by atoms with Gasteiger partial charge < -0.3 is 15.0 Å². The van der Waals surface area contributed by atoms with Crippen LogP contribution >= 0.6 is 0 Å². The van der Waals surface area contributed by atoms with Crippen LogP contribution < -0.4 is 10.1 Å². The lowest BCUT2D eigenvalue weighted by Gasteiger charge is -2.34. The Morgan fingerprint density at radius 3 is 2.68 bits per heavy atom. The summed E-state index contributed by atoms with van der Waals surface area (Å²) in [7, 11) is 0. The molecule has 1 saturated carbocycles. The Kier molecular flexibility index (Phi) is 5.08. The lowest BCUT2D eigenvalue weighted by atomic mass is 9.96. The third-order valence-corrected chi connectivity index (χ3v) is 4.41. The number of piperidine rings is 1. The van der Waals surface area contributed by atoms with Crippen molar-refractivity contribution in [2.45, 2.75) is 57.1 Å². The first kappa shape index (κ1) is 15.1. The standard InChI is InChI=1S/C16H24N4O2/c21-16(19-13-6-2-1-3-7-13)20-11-4-8-14(12-20)22-15-17-9-5-10-18-15/h5,9-10,13-14H,1-4,6-8,11-12H2,(H,19,21). The third-order valence-electron chi connectivity index (χ3n) is 4.41. The van der Waals surface area contributed by atoms with Crippen LogP contribution in [-0.2, 0) is 0 Å². The van der Waals surface area contributed by atoms with E-state index in [9.17, 15) is 4.79 Å². The molecule has 1 N–H and O–H groups in total. The van der Waals surface area contributed by atoms with Gasteiger partial charge in [0.25, 0.3) is 0 Å². The molecule has 2 aliphatic rings. The summed E-state index contributed by atoms with van der Waals surface area (Å²) in [4.78, 5) is 22.4. The highest BCUT2D eigenvalue weighted by molar-refractivity contribution is 5.74. The van der Waals surface area contributed by atoms with E-state index >= 15 is 0 Å². The molecule has 120 valence electrons. The van der Waals surface area contributed by atoms with E-state index in [-0.39, 0.29) is 12.1 Å². The van der Waals surface area contributed by atoms with Crippen LogP contribution in [0.4, 0.5) is 4.79 Å². The van der Waals surface area contributed by atoms with E-state index in [1.54, 1.807) is 18.5 Å². The normalized spacial score (nSPS) is 23.1. The SMILES string of the molecule is O=C(NC1CCCCC1)N1CCCC(Oc2ncccn2)C1. The number of aromatic nitrogens is 2. The zero-order valence-corrected chi connectivity index (χ0v) is 12.9. The number of likely N-dealkylation sites (tertiary alicyclic amines) is 1. The molecule has 22 heavy (non-hydrogen) atoms. The highest BCUT2D eigenvalue weighted by Gasteiger charge is 2.27. The smallest absolute Gasteiger partial charge is 0.317 e. The van der Waals surface area contributed by atoms with Crippen molar-refractivity contribution in [3.63, 3.8) is 0 Å². The lowest BCUT2D eigenvalue weighted by molar-refractivity contribution is 0.0922. The quantitative estimate of drug-likeness (QED) is 0.931. The van der Waals surface area contributed by atoms with Crippen LogP contribution in [0.1, 0.15) is 44.9 Å². The summed E-state index contributed by atoms with van der Waals surface area (Å²) in [5.41, 5.74) is 0. The number of nitrogens with zero attached hydrogens (tertiary/aromatic N) is 3. The van der Waals surface area contributed by atoms with E-state index in [0.29, 0.717) is 18.6 Å². The van der Waals surface area contributed by atoms with Gasteiger partial charge in [0.15, 0.2) is 0 Å². The number of hydrogen-bond acceptors (Lipinski definition) is 4. The minimum absolute atomic E-state index is 0.0201. The average molecular weight is 304 g/mol. The zero-order valence-electron chi connectivity index (χ0n) is 12.9. The number of rotatable bonds is 3. The molecular formula is C16H24N4O2. The third kappa shape index (κ3) is 4.08. The monoisotopic (exact) mass is 304 g/mol. The van der Waals surface area contributed by atoms with Crippen molar-refractivity contribution in [3.8, 4) is 6.01 Å². The molecule has 6 nitrogen and oxygen atoms in total. The summed E-state index contributed by atoms with van der Waals surface area (Å²) in [6.45, 7) is 1.41. The number of carbonyl (C=O) groups excluding carboxylic acids is 1. The van der Waals surface area contributed by atoms with Crippen LogP contribution in [0.15, 0.2) is 18.5 Å². The second-order valence-corrected chi connectivity index (χ2v) is 6.14. The molecule has 1 aliphatic carbocycles. The second kappa shape index (κ2) is 7.42. The zero-order chi connectivity index (χ0) is 15.2. The molecule has 1 atom stereocenters. The highest BCUT2D eigenvalue weighted by Crippen LogP contribution is 2.19. The maximum Gasteiger partial charge on any atom is 0.317 e. The van der Waals surface area contributed by atoms with Gasteiger partial charge in [-0.2, -0.15) is 0 Å². The summed E-state index contributed by atoms with van der Waals surface area (Å²) in [6.07, 6.45) is 11.2. The number of ether oxygens (including phenoxy) is 1. The Morgan fingerprint density at radius 1 is 1.14 bits per heavy atom. The van der Waals surface area contributed by atoms with Crippen molar-refractivity contribution in [2.75, 3.05) is 13.1 Å². The van der Waals surface area contributed by atoms with Crippen molar-refractivity contribution in [1.29, 1.82) is 0 Å². The van der Waals surface area contributed by atoms with E-state index in [4.69, 9.17) is 4.74 Å². The first-order valence-corrected chi connectivity index (χ1v) is 8.30. The molecule has 1 aromatic rings. The molecule has 3 rings (SSSR count). The Labute approximate surface area is 131 Å². The minimum atomic E-state index is -0.0201. The molecule has 1 aromatic heterocycles. The van der Waals surface area contributed by atoms with E-state index in [2.05, 4.69) is 15.3 Å². The summed E-state index contributed by atoms with van der Waals surface area (Å²) >= 11 is 0. The van der Waals surface area contributed by atoms with Crippen LogP contribution in [-0.4, -0.2) is 46.1 Å². The predicted octanol–water partition coefficient (Wildman–Crippen LogP) is 2.36. The molecule has 2 heterocycles. The van der Waals surface area contributed by atoms with Crippen molar-refractivity contribution in [3.05, 3.63) is 18.5 Å². The lowest BCUT2D eigenvalue weighted by Crippen LogP contribution is -2.51. The summed E-state index contributed by atoms with van der Waals surface area (Å²) in [5, 5.41) is 3.17. The Morgan fingerprint density at radius 2 is 1.91 bits per heavy atom. The van der Waals surface area contributed by atoms with Gasteiger partial charge in [0.1, 0.15) is 6.10 Å². The van der Waals surface area contributed by atoms with Crippen LogP contribution in [0.2, 0.25) is 0 Å². The molecule has 2 amide bonds. The van der Waals surface area contributed by atoms with Crippen LogP contribution in [0.5, 0.6) is 6.01 Å². The van der Waals surface area contributed by atoms with Crippen LogP contribution in [0.25, 0.3) is 0 Å². The fraction of sp³-hybridized carbons (Fsp3) is 0.688. The van der Waals surface area contributed by atoms with Crippen molar-refractivity contribution < 1.29 is 9.53 Å². The van der Waals surface area contributed by atoms with Gasteiger partial charge in [-0.05, 0) is 31.7 Å². The second-order valence-electron chi connectivity index (χ2n) is 6.14. The van der Waals surface area contributed by atoms with E-state index < -0.39 is 0 Å². The van der Waals surface area contributed by atoms with Gasteiger partial charge in [-0.3, -0.25) is 0 Å². The summed E-state index contributed by atoms with van der Waals surface area (Å²) in [5.74, 6) is 0. The first-order valence-electron chi connectivity index (χ1n) is 8.30. The van der Waals surface area contributed by atoms with Crippen molar-refractivity contribution in [1.82, 2.24) is 20.2 Å². The maximum absolute atomic E-state index is 12.4. The van der Waals surface area contributed by atoms with E-state index in [0.717, 1.165) is 32.2 Å². The molecule has 6 heteroatoms. The molecule has 1 unspecified atom stereocenters. The largest absolute Gasteiger partial charge is 0.458 e. The number of urea groups is 1. The van der Waals surface area contributed by atoms with Gasteiger partial charge in [-0.15, -0.1) is 0 Å². The summed E-state index contributed by atoms with van der Waals surface area (Å²) in [6, 6.07) is 2.55. The molecule has 2 fully saturated rings. The molecule has 0 bridgehead atoms. The predicted molar refractivity (Wildman–Crippen MR) is 82.7 cm³/mol. The minimum Gasteiger partial charge on any atom is -0.458 e. The number of nitrogens with one attached hydrogen (secondary N) is 1. The molecule has 1 aliphatic heterocycles. The van der Waals surface area contributed by atoms with Crippen LogP contribution in [0.3, 0.4) is 0 Å². The van der Waals surface area contributed by atoms with Gasteiger partial charge in [0.05, 0.1) is 6.54 Å². The van der Waals surface area contributed by atoms with E-state index in [1.165, 1.54) is 19.3 Å². The average Bonchev–Trinajstić information content (AvgIpc) is 2.57. The van der Waals surface area contributed by atoms with Crippen molar-refractivity contribution in [2.24, 2.45) is 0 Å². The number of carbonyl (C=O) groups is 1. The van der Waals surface area contributed by atoms with Gasteiger partial charge in [-0.1, -0.05) is 19.3 Å². The number of amides is 2. The Bertz CT molecular complexity index is 476. The maximum atomic E-state index is 12.4. The van der Waals surface area contributed by atoms with E-state index in [1.807, 2.05) is 4.90 Å². The molecule has 1 saturated heterocycles. The fourth-order valence-corrected chi connectivity index (χ4v) is 3.23. The fourth-order valence-electron chi connectivity index (χ4n) is 3.23. The molecule has 0 radical (unpaired) electrons. The summed E-state index contributed by atoms with van der Waals surface area (Å²) < 4.78 is 5.78. The van der Waals surface area contributed by atoms with Gasteiger partial charge in [0, 0.05) is 25.0 Å². The van der Waals surface area contributed by atoms with Gasteiger partial charge in [0.2, 0.25) is 0 Å². The topological polar surface area (TPSA) is 67.4 Å².